The van der Waals surface area contributed by atoms with E-state index in [0.29, 0.717) is 5.39 Å². The van der Waals surface area contributed by atoms with Crippen LogP contribution in [-0.4, -0.2) is 35.4 Å². The zero-order chi connectivity index (χ0) is 19.7. The molecule has 0 spiro atoms. The van der Waals surface area contributed by atoms with Gasteiger partial charge in [-0.15, -0.1) is 0 Å². The molecule has 0 unspecified atom stereocenters. The summed E-state index contributed by atoms with van der Waals surface area (Å²) >= 11 is 0. The highest BCUT2D eigenvalue weighted by molar-refractivity contribution is 6.03. The summed E-state index contributed by atoms with van der Waals surface area (Å²) in [6.07, 6.45) is 1.39. The van der Waals surface area contributed by atoms with Crippen molar-refractivity contribution in [2.24, 2.45) is 7.05 Å². The fourth-order valence-electron chi connectivity index (χ4n) is 2.58. The quantitative estimate of drug-likeness (QED) is 0.755. The Hall–Kier alpha value is -3.68. The summed E-state index contributed by atoms with van der Waals surface area (Å²) < 4.78 is 6.66. The Morgan fingerprint density at radius 2 is 1.81 bits per heavy atom. The number of hydrogen-bond donors (Lipinski definition) is 1. The molecule has 0 saturated carbocycles. The number of pyridine rings is 1. The summed E-state index contributed by atoms with van der Waals surface area (Å²) in [6.45, 7) is 0. The first-order valence-electron chi connectivity index (χ1n) is 8.04. The Balaban J connectivity index is 2.00. The van der Waals surface area contributed by atoms with Gasteiger partial charge in [-0.25, -0.2) is 0 Å². The lowest BCUT2D eigenvalue weighted by molar-refractivity contribution is 0.0826. The lowest BCUT2D eigenvalue weighted by Crippen LogP contribution is -2.28. The molecule has 0 bridgehead atoms. The van der Waals surface area contributed by atoms with E-state index in [1.165, 1.54) is 28.8 Å². The van der Waals surface area contributed by atoms with Crippen LogP contribution < -0.4 is 16.3 Å². The van der Waals surface area contributed by atoms with E-state index in [0.717, 1.165) is 6.07 Å². The van der Waals surface area contributed by atoms with Crippen LogP contribution in [0, 0.1) is 0 Å². The molecule has 2 heterocycles. The Labute approximate surface area is 153 Å². The molecule has 0 aliphatic heterocycles. The summed E-state index contributed by atoms with van der Waals surface area (Å²) in [6, 6.07) is 8.89. The third-order valence-corrected chi connectivity index (χ3v) is 3.94. The molecule has 3 rings (SSSR count). The van der Waals surface area contributed by atoms with Crippen LogP contribution in [0.15, 0.2) is 56.6 Å². The number of hydrogen-bond acceptors (Lipinski definition) is 5. The molecule has 27 heavy (non-hydrogen) atoms. The van der Waals surface area contributed by atoms with Gasteiger partial charge < -0.3 is 19.2 Å². The van der Waals surface area contributed by atoms with E-state index >= 15 is 0 Å². The predicted octanol–water partition coefficient (Wildman–Crippen LogP) is 1.45. The molecule has 0 atom stereocenters. The number of para-hydroxylation sites is 1. The second-order valence-electron chi connectivity index (χ2n) is 6.18. The van der Waals surface area contributed by atoms with Crippen molar-refractivity contribution in [2.45, 2.75) is 0 Å². The number of anilines is 1. The van der Waals surface area contributed by atoms with E-state index in [2.05, 4.69) is 5.32 Å². The molecule has 1 N–H and O–H groups in total. The Morgan fingerprint density at radius 1 is 1.11 bits per heavy atom. The van der Waals surface area contributed by atoms with E-state index in [1.807, 2.05) is 0 Å². The van der Waals surface area contributed by atoms with E-state index in [-0.39, 0.29) is 33.9 Å². The van der Waals surface area contributed by atoms with Gasteiger partial charge in [-0.05, 0) is 18.2 Å². The summed E-state index contributed by atoms with van der Waals surface area (Å²) in [5.41, 5.74) is -0.462. The van der Waals surface area contributed by atoms with Crippen LogP contribution in [-0.2, 0) is 7.05 Å². The minimum atomic E-state index is -0.760. The molecule has 3 aromatic rings. The van der Waals surface area contributed by atoms with E-state index in [1.54, 1.807) is 38.4 Å². The molecule has 0 aliphatic rings. The molecular weight excluding hydrogens is 350 g/mol. The number of aryl methyl sites for hydroxylation is 1. The van der Waals surface area contributed by atoms with Crippen molar-refractivity contribution in [3.8, 4) is 0 Å². The second-order valence-corrected chi connectivity index (χ2v) is 6.18. The van der Waals surface area contributed by atoms with Gasteiger partial charge >= 0.3 is 0 Å². The summed E-state index contributed by atoms with van der Waals surface area (Å²) in [5, 5.41) is 2.77. The van der Waals surface area contributed by atoms with Crippen LogP contribution in [0.1, 0.15) is 20.9 Å². The molecule has 8 nitrogen and oxygen atoms in total. The van der Waals surface area contributed by atoms with Crippen molar-refractivity contribution in [1.29, 1.82) is 0 Å². The first-order chi connectivity index (χ1) is 12.8. The van der Waals surface area contributed by atoms with Crippen LogP contribution >= 0.6 is 0 Å². The molecule has 0 fully saturated rings. The maximum absolute atomic E-state index is 12.5. The highest BCUT2D eigenvalue weighted by Crippen LogP contribution is 2.13. The highest BCUT2D eigenvalue weighted by atomic mass is 16.3. The third kappa shape index (κ3) is 3.50. The van der Waals surface area contributed by atoms with Gasteiger partial charge in [0.25, 0.3) is 17.4 Å². The van der Waals surface area contributed by atoms with Crippen LogP contribution in [0.5, 0.6) is 0 Å². The van der Waals surface area contributed by atoms with Crippen molar-refractivity contribution in [3.63, 3.8) is 0 Å². The number of carbonyl (C=O) groups is 2. The predicted molar refractivity (Wildman–Crippen MR) is 100 cm³/mol. The number of fused-ring (bicyclic) bond motifs is 1. The average molecular weight is 367 g/mol. The summed E-state index contributed by atoms with van der Waals surface area (Å²) in [5.74, 6) is -1.31. The average Bonchev–Trinajstić information content (AvgIpc) is 2.64. The van der Waals surface area contributed by atoms with E-state index in [4.69, 9.17) is 4.42 Å². The largest absolute Gasteiger partial charge is 0.451 e. The number of rotatable bonds is 3. The first kappa shape index (κ1) is 18.1. The van der Waals surface area contributed by atoms with Crippen molar-refractivity contribution in [3.05, 3.63) is 74.5 Å². The van der Waals surface area contributed by atoms with Crippen LogP contribution in [0.3, 0.4) is 0 Å². The molecule has 8 heteroatoms. The van der Waals surface area contributed by atoms with Gasteiger partial charge in [0.2, 0.25) is 0 Å². The van der Waals surface area contributed by atoms with Gasteiger partial charge in [-0.3, -0.25) is 19.2 Å². The molecule has 0 aliphatic carbocycles. The Morgan fingerprint density at radius 3 is 2.52 bits per heavy atom. The van der Waals surface area contributed by atoms with Gasteiger partial charge in [-0.2, -0.15) is 0 Å². The van der Waals surface area contributed by atoms with E-state index < -0.39 is 11.5 Å². The molecule has 0 radical (unpaired) electrons. The minimum Gasteiger partial charge on any atom is -0.451 e. The van der Waals surface area contributed by atoms with Crippen molar-refractivity contribution >= 4 is 28.5 Å². The molecular formula is C19H17N3O5. The first-order valence-corrected chi connectivity index (χ1v) is 8.04. The molecule has 0 saturated heterocycles. The molecule has 2 amide bonds. The molecule has 138 valence electrons. The smallest absolute Gasteiger partial charge is 0.291 e. The Bertz CT molecular complexity index is 1170. The minimum absolute atomic E-state index is 0.0917. The number of aromatic nitrogens is 1. The van der Waals surface area contributed by atoms with Gasteiger partial charge in [0.05, 0.1) is 10.9 Å². The van der Waals surface area contributed by atoms with Crippen LogP contribution in [0.4, 0.5) is 5.69 Å². The summed E-state index contributed by atoms with van der Waals surface area (Å²) in [4.78, 5) is 50.4. The second kappa shape index (κ2) is 6.91. The number of nitrogens with zero attached hydrogens (tertiary/aromatic N) is 2. The Kier molecular flexibility index (Phi) is 4.64. The van der Waals surface area contributed by atoms with Gasteiger partial charge in [-0.1, -0.05) is 12.1 Å². The lowest BCUT2D eigenvalue weighted by atomic mass is 10.2. The normalized spacial score (nSPS) is 10.6. The standard InChI is InChI=1S/C19H17N3O5/c1-21(2)18(25)11-8-13(19(26)22(3)10-11)20-17(24)16-9-14(23)12-6-4-5-7-15(12)27-16/h4-10H,1-3H3,(H,20,24). The SMILES string of the molecule is CN(C)C(=O)c1cc(NC(=O)c2cc(=O)c3ccccc3o2)c(=O)n(C)c1. The molecule has 1 aromatic carbocycles. The maximum atomic E-state index is 12.5. The van der Waals surface area contributed by atoms with Crippen molar-refractivity contribution in [2.75, 3.05) is 19.4 Å². The summed E-state index contributed by atoms with van der Waals surface area (Å²) in [7, 11) is 4.63. The van der Waals surface area contributed by atoms with Gasteiger partial charge in [0.1, 0.15) is 11.3 Å². The van der Waals surface area contributed by atoms with Crippen LogP contribution in [0.25, 0.3) is 11.0 Å². The lowest BCUT2D eigenvalue weighted by Gasteiger charge is -2.13. The number of amides is 2. The van der Waals surface area contributed by atoms with Crippen LogP contribution in [0.2, 0.25) is 0 Å². The van der Waals surface area contributed by atoms with Crippen molar-refractivity contribution < 1.29 is 14.0 Å². The zero-order valence-corrected chi connectivity index (χ0v) is 15.0. The van der Waals surface area contributed by atoms with Crippen molar-refractivity contribution in [1.82, 2.24) is 9.47 Å². The van der Waals surface area contributed by atoms with Gasteiger partial charge in [0, 0.05) is 33.4 Å². The topological polar surface area (TPSA) is 102 Å². The number of nitrogens with one attached hydrogen (secondary N) is 1. The maximum Gasteiger partial charge on any atom is 0.291 e. The number of benzene rings is 1. The zero-order valence-electron chi connectivity index (χ0n) is 15.0. The van der Waals surface area contributed by atoms with E-state index in [9.17, 15) is 19.2 Å². The molecule has 2 aromatic heterocycles. The third-order valence-electron chi connectivity index (χ3n) is 3.94. The highest BCUT2D eigenvalue weighted by Gasteiger charge is 2.17. The monoisotopic (exact) mass is 367 g/mol. The van der Waals surface area contributed by atoms with Gasteiger partial charge in [0.15, 0.2) is 11.2 Å². The fraction of sp³-hybridized carbons (Fsp3) is 0.158. The number of carbonyl (C=O) groups excluding carboxylic acids is 2. The fourth-order valence-corrected chi connectivity index (χ4v) is 2.58.